The Morgan fingerprint density at radius 1 is 1.19 bits per heavy atom. The van der Waals surface area contributed by atoms with Crippen molar-refractivity contribution >= 4 is 40.9 Å². The predicted molar refractivity (Wildman–Crippen MR) is 109 cm³/mol. The average molecular weight is 416 g/mol. The zero-order valence-corrected chi connectivity index (χ0v) is 17.7. The van der Waals surface area contributed by atoms with Crippen molar-refractivity contribution in [2.75, 3.05) is 18.4 Å². The van der Waals surface area contributed by atoms with Gasteiger partial charge >= 0.3 is 6.09 Å². The van der Waals surface area contributed by atoms with Crippen LogP contribution < -0.4 is 10.6 Å². The molecule has 2 rings (SSSR count). The molecular formula is C19H27Cl2N3O3. The Hall–Kier alpha value is -1.66. The van der Waals surface area contributed by atoms with Crippen LogP contribution in [0.15, 0.2) is 18.2 Å². The average Bonchev–Trinajstić information content (AvgIpc) is 2.51. The van der Waals surface area contributed by atoms with E-state index >= 15 is 0 Å². The number of carbonyl (C=O) groups is 2. The van der Waals surface area contributed by atoms with E-state index in [0.29, 0.717) is 22.3 Å². The molecule has 0 unspecified atom stereocenters. The lowest BCUT2D eigenvalue weighted by molar-refractivity contribution is -0.133. The standard InChI is InChI=1S/C19H27Cl2N3O3/c1-12-5-6-15(23-18(26)27-19(2,3)4)11-24(12)17(25)10-22-16-8-13(20)7-14(21)9-16/h7-9,12,15,22H,5-6,10-11H2,1-4H3,(H,23,26)/t12-,15+/m0/s1. The van der Waals surface area contributed by atoms with Gasteiger partial charge in [0.05, 0.1) is 6.54 Å². The van der Waals surface area contributed by atoms with Crippen molar-refractivity contribution in [1.29, 1.82) is 0 Å². The number of nitrogens with zero attached hydrogens (tertiary/aromatic N) is 1. The smallest absolute Gasteiger partial charge is 0.407 e. The van der Waals surface area contributed by atoms with E-state index in [1.54, 1.807) is 23.1 Å². The first-order valence-electron chi connectivity index (χ1n) is 9.02. The number of likely N-dealkylation sites (tertiary alicyclic amines) is 1. The molecule has 0 bridgehead atoms. The number of nitrogens with one attached hydrogen (secondary N) is 2. The molecule has 1 aliphatic rings. The Labute approximate surface area is 170 Å². The van der Waals surface area contributed by atoms with Gasteiger partial charge in [0.15, 0.2) is 0 Å². The molecule has 1 heterocycles. The first-order chi connectivity index (χ1) is 12.5. The Bertz CT molecular complexity index is 671. The molecule has 1 aliphatic heterocycles. The van der Waals surface area contributed by atoms with E-state index in [0.717, 1.165) is 12.8 Å². The second-order valence-electron chi connectivity index (χ2n) is 7.83. The van der Waals surface area contributed by atoms with E-state index in [1.807, 2.05) is 27.7 Å². The minimum atomic E-state index is -0.552. The summed E-state index contributed by atoms with van der Waals surface area (Å²) in [4.78, 5) is 26.4. The van der Waals surface area contributed by atoms with Gasteiger partial charge < -0.3 is 20.3 Å². The minimum absolute atomic E-state index is 0.0470. The summed E-state index contributed by atoms with van der Waals surface area (Å²) < 4.78 is 5.30. The van der Waals surface area contributed by atoms with E-state index in [1.165, 1.54) is 0 Å². The van der Waals surface area contributed by atoms with Crippen molar-refractivity contribution in [3.63, 3.8) is 0 Å². The number of carbonyl (C=O) groups excluding carboxylic acids is 2. The van der Waals surface area contributed by atoms with Crippen molar-refractivity contribution in [1.82, 2.24) is 10.2 Å². The highest BCUT2D eigenvalue weighted by Gasteiger charge is 2.30. The number of hydrogen-bond donors (Lipinski definition) is 2. The van der Waals surface area contributed by atoms with Crippen molar-refractivity contribution in [2.45, 2.75) is 58.2 Å². The van der Waals surface area contributed by atoms with Crippen LogP contribution in [-0.2, 0) is 9.53 Å². The van der Waals surface area contributed by atoms with Crippen LogP contribution in [0, 0.1) is 0 Å². The maximum absolute atomic E-state index is 12.7. The molecule has 8 heteroatoms. The van der Waals surface area contributed by atoms with Crippen LogP contribution >= 0.6 is 23.2 Å². The fraction of sp³-hybridized carbons (Fsp3) is 0.579. The molecule has 150 valence electrons. The largest absolute Gasteiger partial charge is 0.444 e. The van der Waals surface area contributed by atoms with Crippen LogP contribution in [0.2, 0.25) is 10.0 Å². The predicted octanol–water partition coefficient (Wildman–Crippen LogP) is 4.31. The molecular weight excluding hydrogens is 389 g/mol. The second kappa shape index (κ2) is 9.02. The van der Waals surface area contributed by atoms with Gasteiger partial charge in [0, 0.05) is 34.4 Å². The molecule has 0 aromatic heterocycles. The van der Waals surface area contributed by atoms with Gasteiger partial charge in [-0.3, -0.25) is 4.79 Å². The van der Waals surface area contributed by atoms with E-state index in [-0.39, 0.29) is 24.5 Å². The third-order valence-electron chi connectivity index (χ3n) is 4.23. The summed E-state index contributed by atoms with van der Waals surface area (Å²) in [6.45, 7) is 8.05. The zero-order valence-electron chi connectivity index (χ0n) is 16.1. The van der Waals surface area contributed by atoms with Gasteiger partial charge in [-0.25, -0.2) is 4.79 Å². The number of piperidine rings is 1. The lowest BCUT2D eigenvalue weighted by Crippen LogP contribution is -2.54. The number of anilines is 1. The summed E-state index contributed by atoms with van der Waals surface area (Å²) in [6, 6.07) is 5.05. The molecule has 2 amide bonds. The summed E-state index contributed by atoms with van der Waals surface area (Å²) >= 11 is 12.0. The highest BCUT2D eigenvalue weighted by molar-refractivity contribution is 6.35. The number of halogens is 2. The van der Waals surface area contributed by atoms with E-state index in [2.05, 4.69) is 10.6 Å². The first kappa shape index (κ1) is 21.6. The molecule has 6 nitrogen and oxygen atoms in total. The summed E-state index contributed by atoms with van der Waals surface area (Å²) in [5, 5.41) is 6.93. The van der Waals surface area contributed by atoms with Crippen LogP contribution in [0.4, 0.5) is 10.5 Å². The lowest BCUT2D eigenvalue weighted by atomic mass is 9.99. The third-order valence-corrected chi connectivity index (χ3v) is 4.67. The van der Waals surface area contributed by atoms with Gasteiger partial charge in [-0.2, -0.15) is 0 Å². The topological polar surface area (TPSA) is 70.7 Å². The van der Waals surface area contributed by atoms with Crippen molar-refractivity contribution in [2.24, 2.45) is 0 Å². The summed E-state index contributed by atoms with van der Waals surface area (Å²) in [7, 11) is 0. The molecule has 27 heavy (non-hydrogen) atoms. The van der Waals surface area contributed by atoms with Crippen molar-refractivity contribution < 1.29 is 14.3 Å². The number of rotatable bonds is 4. The first-order valence-corrected chi connectivity index (χ1v) is 9.78. The zero-order chi connectivity index (χ0) is 20.2. The number of ether oxygens (including phenoxy) is 1. The Balaban J connectivity index is 1.91. The van der Waals surface area contributed by atoms with Crippen LogP contribution in [0.5, 0.6) is 0 Å². The molecule has 1 saturated heterocycles. The molecule has 2 atom stereocenters. The molecule has 1 fully saturated rings. The van der Waals surface area contributed by atoms with Gasteiger partial charge in [0.1, 0.15) is 5.60 Å². The quantitative estimate of drug-likeness (QED) is 0.768. The second-order valence-corrected chi connectivity index (χ2v) is 8.70. The van der Waals surface area contributed by atoms with Crippen molar-refractivity contribution in [3.05, 3.63) is 28.2 Å². The van der Waals surface area contributed by atoms with Gasteiger partial charge in [-0.05, 0) is 58.7 Å². The van der Waals surface area contributed by atoms with E-state index < -0.39 is 11.7 Å². The van der Waals surface area contributed by atoms with Gasteiger partial charge in [0.2, 0.25) is 5.91 Å². The van der Waals surface area contributed by atoms with Crippen LogP contribution in [0.25, 0.3) is 0 Å². The summed E-state index contributed by atoms with van der Waals surface area (Å²) in [5.74, 6) is -0.0470. The highest BCUT2D eigenvalue weighted by atomic mass is 35.5. The SMILES string of the molecule is C[C@H]1CC[C@@H](NC(=O)OC(C)(C)C)CN1C(=O)CNc1cc(Cl)cc(Cl)c1. The Kier molecular flexibility index (Phi) is 7.23. The van der Waals surface area contributed by atoms with Gasteiger partial charge in [-0.1, -0.05) is 23.2 Å². The molecule has 0 radical (unpaired) electrons. The molecule has 2 N–H and O–H groups in total. The Morgan fingerprint density at radius 2 is 1.81 bits per heavy atom. The molecule has 1 aromatic rings. The normalized spacial score (nSPS) is 20.1. The summed E-state index contributed by atoms with van der Waals surface area (Å²) in [5.41, 5.74) is 0.137. The number of benzene rings is 1. The highest BCUT2D eigenvalue weighted by Crippen LogP contribution is 2.23. The summed E-state index contributed by atoms with van der Waals surface area (Å²) in [6.07, 6.45) is 1.16. The third kappa shape index (κ3) is 7.11. The van der Waals surface area contributed by atoms with E-state index in [4.69, 9.17) is 27.9 Å². The van der Waals surface area contributed by atoms with Crippen LogP contribution in [0.1, 0.15) is 40.5 Å². The molecule has 0 aliphatic carbocycles. The van der Waals surface area contributed by atoms with Gasteiger partial charge in [0.25, 0.3) is 0 Å². The number of hydrogen-bond acceptors (Lipinski definition) is 4. The fourth-order valence-electron chi connectivity index (χ4n) is 2.98. The fourth-order valence-corrected chi connectivity index (χ4v) is 3.51. The van der Waals surface area contributed by atoms with Crippen molar-refractivity contribution in [3.8, 4) is 0 Å². The van der Waals surface area contributed by atoms with Crippen LogP contribution in [-0.4, -0.2) is 47.7 Å². The Morgan fingerprint density at radius 3 is 2.41 bits per heavy atom. The number of alkyl carbamates (subject to hydrolysis) is 1. The minimum Gasteiger partial charge on any atom is -0.444 e. The van der Waals surface area contributed by atoms with Gasteiger partial charge in [-0.15, -0.1) is 0 Å². The number of amides is 2. The van der Waals surface area contributed by atoms with E-state index in [9.17, 15) is 9.59 Å². The molecule has 0 spiro atoms. The van der Waals surface area contributed by atoms with Crippen LogP contribution in [0.3, 0.4) is 0 Å². The maximum atomic E-state index is 12.7. The molecule has 0 saturated carbocycles. The lowest BCUT2D eigenvalue weighted by Gasteiger charge is -2.38. The maximum Gasteiger partial charge on any atom is 0.407 e. The molecule has 1 aromatic carbocycles. The monoisotopic (exact) mass is 415 g/mol.